The molecule has 0 aromatic rings. The molecule has 1 fully saturated rings. The summed E-state index contributed by atoms with van der Waals surface area (Å²) in [6.07, 6.45) is 0.605. The number of amides is 1. The molecule has 1 heterocycles. The van der Waals surface area contributed by atoms with Crippen LogP contribution in [-0.2, 0) is 9.59 Å². The summed E-state index contributed by atoms with van der Waals surface area (Å²) < 4.78 is -0.553. The fourth-order valence-corrected chi connectivity index (χ4v) is 2.86. The minimum absolute atomic E-state index is 0.302. The van der Waals surface area contributed by atoms with Crippen molar-refractivity contribution in [1.29, 1.82) is 0 Å². The summed E-state index contributed by atoms with van der Waals surface area (Å²) in [4.78, 5) is 22.7. The highest BCUT2D eigenvalue weighted by atomic mass is 32.2. The van der Waals surface area contributed by atoms with E-state index in [0.29, 0.717) is 0 Å². The van der Waals surface area contributed by atoms with Crippen molar-refractivity contribution in [3.8, 4) is 0 Å². The number of aliphatic carboxylic acids is 1. The molecule has 92 valence electrons. The predicted molar refractivity (Wildman–Crippen MR) is 61.3 cm³/mol. The molecule has 0 aromatic heterocycles. The Bertz CT molecular complexity index is 287. The van der Waals surface area contributed by atoms with Crippen molar-refractivity contribution in [2.75, 3.05) is 5.75 Å². The van der Waals surface area contributed by atoms with Crippen LogP contribution < -0.4 is 5.32 Å². The molecule has 0 radical (unpaired) electrons. The van der Waals surface area contributed by atoms with E-state index >= 15 is 0 Å². The number of thioether (sulfide) groups is 1. The summed E-state index contributed by atoms with van der Waals surface area (Å²) in [6, 6.07) is -1.23. The first kappa shape index (κ1) is 13.3. The maximum Gasteiger partial charge on any atom is 0.328 e. The Balaban J connectivity index is 2.65. The van der Waals surface area contributed by atoms with Crippen LogP contribution in [0.5, 0.6) is 0 Å². The zero-order valence-electron chi connectivity index (χ0n) is 9.40. The number of aliphatic hydroxyl groups is 1. The van der Waals surface area contributed by atoms with Gasteiger partial charge in [-0.15, -0.1) is 11.8 Å². The van der Waals surface area contributed by atoms with Gasteiger partial charge in [0.05, 0.1) is 10.9 Å². The molecular formula is C10H17NO4S. The Morgan fingerprint density at radius 3 is 2.50 bits per heavy atom. The van der Waals surface area contributed by atoms with Crippen LogP contribution in [0.1, 0.15) is 26.7 Å². The summed E-state index contributed by atoms with van der Waals surface area (Å²) in [6.45, 7) is 3.16. The lowest BCUT2D eigenvalue weighted by Gasteiger charge is -2.25. The largest absolute Gasteiger partial charge is 0.480 e. The third-order valence-corrected chi connectivity index (χ3v) is 4.25. The number of hydrogen-bond acceptors (Lipinski definition) is 4. The van der Waals surface area contributed by atoms with Gasteiger partial charge in [0.2, 0.25) is 5.91 Å². The van der Waals surface area contributed by atoms with Gasteiger partial charge in [-0.2, -0.15) is 0 Å². The zero-order chi connectivity index (χ0) is 12.3. The molecule has 6 heteroatoms. The highest BCUT2D eigenvalue weighted by molar-refractivity contribution is 8.01. The van der Waals surface area contributed by atoms with E-state index in [1.165, 1.54) is 18.7 Å². The van der Waals surface area contributed by atoms with Gasteiger partial charge < -0.3 is 15.5 Å². The van der Waals surface area contributed by atoms with Crippen LogP contribution in [-0.4, -0.2) is 44.7 Å². The minimum atomic E-state index is -1.23. The fraction of sp³-hybridized carbons (Fsp3) is 0.800. The Morgan fingerprint density at radius 1 is 1.50 bits per heavy atom. The quantitative estimate of drug-likeness (QED) is 0.661. The van der Waals surface area contributed by atoms with Gasteiger partial charge in [-0.05, 0) is 32.4 Å². The smallest absolute Gasteiger partial charge is 0.328 e. The second kappa shape index (κ2) is 5.05. The van der Waals surface area contributed by atoms with Crippen molar-refractivity contribution in [3.05, 3.63) is 0 Å². The standard InChI is InChI=1S/C10H17NO4S/c1-6(12)7(8(13)14)11-9(15)10(2)4-3-5-16-10/h6-7,12H,3-5H2,1-2H3,(H,11,15)(H,13,14). The highest BCUT2D eigenvalue weighted by Gasteiger charge is 2.39. The van der Waals surface area contributed by atoms with Crippen molar-refractivity contribution in [3.63, 3.8) is 0 Å². The van der Waals surface area contributed by atoms with E-state index in [-0.39, 0.29) is 5.91 Å². The Morgan fingerprint density at radius 2 is 2.12 bits per heavy atom. The molecule has 5 nitrogen and oxygen atoms in total. The van der Waals surface area contributed by atoms with E-state index in [9.17, 15) is 14.7 Å². The molecule has 1 saturated heterocycles. The van der Waals surface area contributed by atoms with E-state index in [4.69, 9.17) is 5.11 Å². The Kier molecular flexibility index (Phi) is 4.21. The van der Waals surface area contributed by atoms with Crippen LogP contribution >= 0.6 is 11.8 Å². The third-order valence-electron chi connectivity index (χ3n) is 2.73. The third kappa shape index (κ3) is 2.89. The van der Waals surface area contributed by atoms with Gasteiger partial charge in [0.15, 0.2) is 6.04 Å². The molecule has 1 rings (SSSR count). The van der Waals surface area contributed by atoms with Crippen molar-refractivity contribution < 1.29 is 19.8 Å². The molecule has 16 heavy (non-hydrogen) atoms. The molecule has 1 aliphatic rings. The van der Waals surface area contributed by atoms with E-state index in [1.54, 1.807) is 6.92 Å². The summed E-state index contributed by atoms with van der Waals surface area (Å²) in [5, 5.41) is 20.5. The SMILES string of the molecule is CC(O)C(NC(=O)C1(C)CCCS1)C(=O)O. The van der Waals surface area contributed by atoms with E-state index in [2.05, 4.69) is 5.32 Å². The first-order valence-corrected chi connectivity index (χ1v) is 6.21. The maximum atomic E-state index is 11.9. The number of aliphatic hydroxyl groups excluding tert-OH is 1. The predicted octanol–water partition coefficient (Wildman–Crippen LogP) is 0.222. The number of carbonyl (C=O) groups is 2. The second-order valence-corrected chi connectivity index (χ2v) is 5.81. The van der Waals surface area contributed by atoms with Crippen LogP contribution in [0, 0.1) is 0 Å². The summed E-state index contributed by atoms with van der Waals surface area (Å²) in [5.74, 6) is -0.602. The van der Waals surface area contributed by atoms with Gasteiger partial charge in [0.25, 0.3) is 0 Å². The summed E-state index contributed by atoms with van der Waals surface area (Å²) >= 11 is 1.53. The monoisotopic (exact) mass is 247 g/mol. The number of carbonyl (C=O) groups excluding carboxylic acids is 1. The zero-order valence-corrected chi connectivity index (χ0v) is 10.2. The molecule has 1 aliphatic heterocycles. The Labute approximate surface area is 98.6 Å². The van der Waals surface area contributed by atoms with Gasteiger partial charge in [-0.1, -0.05) is 0 Å². The average molecular weight is 247 g/mol. The first-order chi connectivity index (χ1) is 7.37. The van der Waals surface area contributed by atoms with Crippen LogP contribution in [0.15, 0.2) is 0 Å². The molecule has 1 amide bonds. The molecule has 0 saturated carbocycles. The maximum absolute atomic E-state index is 11.9. The normalized spacial score (nSPS) is 28.4. The first-order valence-electron chi connectivity index (χ1n) is 5.22. The number of rotatable bonds is 4. The van der Waals surface area contributed by atoms with Gasteiger partial charge in [-0.3, -0.25) is 4.79 Å². The average Bonchev–Trinajstić information content (AvgIpc) is 2.61. The molecule has 0 aromatic carbocycles. The Hall–Kier alpha value is -0.750. The number of hydrogen-bond donors (Lipinski definition) is 3. The van der Waals surface area contributed by atoms with E-state index in [0.717, 1.165) is 18.6 Å². The van der Waals surface area contributed by atoms with E-state index in [1.807, 2.05) is 0 Å². The number of nitrogens with one attached hydrogen (secondary N) is 1. The summed E-state index contributed by atoms with van der Waals surface area (Å²) in [7, 11) is 0. The number of carboxylic acid groups (broad SMARTS) is 1. The van der Waals surface area contributed by atoms with Gasteiger partial charge >= 0.3 is 5.97 Å². The van der Waals surface area contributed by atoms with Crippen LogP contribution in [0.4, 0.5) is 0 Å². The molecule has 0 bridgehead atoms. The minimum Gasteiger partial charge on any atom is -0.480 e. The van der Waals surface area contributed by atoms with Gasteiger partial charge in [0, 0.05) is 0 Å². The van der Waals surface area contributed by atoms with Crippen LogP contribution in [0.25, 0.3) is 0 Å². The van der Waals surface area contributed by atoms with Gasteiger partial charge in [0.1, 0.15) is 0 Å². The van der Waals surface area contributed by atoms with Crippen LogP contribution in [0.2, 0.25) is 0 Å². The summed E-state index contributed by atoms with van der Waals surface area (Å²) in [5.41, 5.74) is 0. The van der Waals surface area contributed by atoms with Crippen molar-refractivity contribution in [2.45, 2.75) is 43.6 Å². The lowest BCUT2D eigenvalue weighted by Crippen LogP contribution is -2.52. The number of carboxylic acids is 1. The molecule has 3 atom stereocenters. The lowest BCUT2D eigenvalue weighted by atomic mass is 10.0. The molecule has 0 aliphatic carbocycles. The molecule has 3 N–H and O–H groups in total. The molecule has 3 unspecified atom stereocenters. The van der Waals surface area contributed by atoms with Crippen LogP contribution in [0.3, 0.4) is 0 Å². The van der Waals surface area contributed by atoms with Crippen molar-refractivity contribution >= 4 is 23.6 Å². The second-order valence-electron chi connectivity index (χ2n) is 4.21. The molecule has 0 spiro atoms. The fourth-order valence-electron chi connectivity index (χ4n) is 1.64. The van der Waals surface area contributed by atoms with Gasteiger partial charge in [-0.25, -0.2) is 4.79 Å². The van der Waals surface area contributed by atoms with E-state index < -0.39 is 22.9 Å². The molecular weight excluding hydrogens is 230 g/mol. The highest BCUT2D eigenvalue weighted by Crippen LogP contribution is 2.37. The topological polar surface area (TPSA) is 86.6 Å². The van der Waals surface area contributed by atoms with Crippen molar-refractivity contribution in [1.82, 2.24) is 5.32 Å². The lowest BCUT2D eigenvalue weighted by molar-refractivity contribution is -0.145. The van der Waals surface area contributed by atoms with Crippen molar-refractivity contribution in [2.24, 2.45) is 0 Å².